The molecule has 0 saturated heterocycles. The van der Waals surface area contributed by atoms with E-state index in [0.717, 1.165) is 12.8 Å². The first-order valence-corrected chi connectivity index (χ1v) is 7.25. The Labute approximate surface area is 126 Å². The summed E-state index contributed by atoms with van der Waals surface area (Å²) in [4.78, 5) is 11.8. The van der Waals surface area contributed by atoms with Crippen LogP contribution in [0.5, 0.6) is 11.5 Å². The molecule has 0 unspecified atom stereocenters. The van der Waals surface area contributed by atoms with Gasteiger partial charge in [0.25, 0.3) is 5.91 Å². The van der Waals surface area contributed by atoms with Gasteiger partial charge < -0.3 is 14.8 Å². The van der Waals surface area contributed by atoms with Crippen molar-refractivity contribution in [1.29, 1.82) is 0 Å². The minimum Gasteiger partial charge on any atom is -0.493 e. The fourth-order valence-electron chi connectivity index (χ4n) is 1.87. The third-order valence-corrected chi connectivity index (χ3v) is 3.03. The molecule has 4 nitrogen and oxygen atoms in total. The summed E-state index contributed by atoms with van der Waals surface area (Å²) in [7, 11) is 1.56. The number of benzene rings is 1. The molecule has 1 aromatic rings. The second-order valence-corrected chi connectivity index (χ2v) is 4.66. The number of nitrogens with one attached hydrogen (secondary N) is 1. The number of rotatable bonds is 9. The SMILES string of the molecule is C#CCNC(=O)c1ccc(OCCCCCC)c(OC)c1. The zero-order chi connectivity index (χ0) is 15.5. The van der Waals surface area contributed by atoms with Crippen molar-refractivity contribution in [3.8, 4) is 23.8 Å². The Morgan fingerprint density at radius 3 is 2.76 bits per heavy atom. The quantitative estimate of drug-likeness (QED) is 0.561. The number of ether oxygens (including phenoxy) is 2. The van der Waals surface area contributed by atoms with Gasteiger partial charge >= 0.3 is 0 Å². The molecule has 0 heterocycles. The lowest BCUT2D eigenvalue weighted by Gasteiger charge is -2.12. The van der Waals surface area contributed by atoms with Crippen LogP contribution in [0.2, 0.25) is 0 Å². The Morgan fingerprint density at radius 2 is 2.10 bits per heavy atom. The number of unbranched alkanes of at least 4 members (excludes halogenated alkanes) is 3. The summed E-state index contributed by atoms with van der Waals surface area (Å²) < 4.78 is 11.0. The Balaban J connectivity index is 2.62. The van der Waals surface area contributed by atoms with Crippen LogP contribution in [0.1, 0.15) is 43.0 Å². The van der Waals surface area contributed by atoms with Crippen molar-refractivity contribution in [1.82, 2.24) is 5.32 Å². The first-order valence-electron chi connectivity index (χ1n) is 7.25. The maximum Gasteiger partial charge on any atom is 0.252 e. The minimum atomic E-state index is -0.222. The fourth-order valence-corrected chi connectivity index (χ4v) is 1.87. The lowest BCUT2D eigenvalue weighted by Crippen LogP contribution is -2.23. The largest absolute Gasteiger partial charge is 0.493 e. The summed E-state index contributed by atoms with van der Waals surface area (Å²) in [6.07, 6.45) is 9.70. The molecule has 1 N–H and O–H groups in total. The molecule has 0 bridgehead atoms. The number of hydrogen-bond donors (Lipinski definition) is 1. The molecule has 1 rings (SSSR count). The van der Waals surface area contributed by atoms with Gasteiger partial charge in [-0.2, -0.15) is 0 Å². The van der Waals surface area contributed by atoms with Gasteiger partial charge in [-0.1, -0.05) is 32.1 Å². The van der Waals surface area contributed by atoms with Crippen LogP contribution in [0, 0.1) is 12.3 Å². The molecular weight excluding hydrogens is 266 g/mol. The van der Waals surface area contributed by atoms with Crippen LogP contribution in [0.15, 0.2) is 18.2 Å². The number of carbonyl (C=O) groups excluding carboxylic acids is 1. The van der Waals surface area contributed by atoms with Gasteiger partial charge in [0, 0.05) is 5.56 Å². The van der Waals surface area contributed by atoms with Crippen LogP contribution in [-0.2, 0) is 0 Å². The monoisotopic (exact) mass is 289 g/mol. The summed E-state index contributed by atoms with van der Waals surface area (Å²) in [5.41, 5.74) is 0.500. The highest BCUT2D eigenvalue weighted by molar-refractivity contribution is 5.95. The summed E-state index contributed by atoms with van der Waals surface area (Å²) in [6.45, 7) is 3.03. The van der Waals surface area contributed by atoms with E-state index >= 15 is 0 Å². The summed E-state index contributed by atoms with van der Waals surface area (Å²) >= 11 is 0. The van der Waals surface area contributed by atoms with Crippen molar-refractivity contribution in [2.24, 2.45) is 0 Å². The molecule has 0 atom stereocenters. The van der Waals surface area contributed by atoms with Crippen LogP contribution >= 0.6 is 0 Å². The summed E-state index contributed by atoms with van der Waals surface area (Å²) in [5.74, 6) is 3.35. The number of amides is 1. The van der Waals surface area contributed by atoms with Crippen LogP contribution in [0.25, 0.3) is 0 Å². The highest BCUT2D eigenvalue weighted by Crippen LogP contribution is 2.28. The number of carbonyl (C=O) groups is 1. The van der Waals surface area contributed by atoms with Crippen molar-refractivity contribution >= 4 is 5.91 Å². The molecule has 1 amide bonds. The Hall–Kier alpha value is -2.15. The van der Waals surface area contributed by atoms with Gasteiger partial charge in [0.1, 0.15) is 0 Å². The van der Waals surface area contributed by atoms with Gasteiger partial charge in [-0.3, -0.25) is 4.79 Å². The van der Waals surface area contributed by atoms with Crippen molar-refractivity contribution in [3.05, 3.63) is 23.8 Å². The molecule has 4 heteroatoms. The maximum atomic E-state index is 11.8. The normalized spacial score (nSPS) is 9.76. The van der Waals surface area contributed by atoms with E-state index in [0.29, 0.717) is 23.7 Å². The molecule has 0 fully saturated rings. The second kappa shape index (κ2) is 9.71. The number of methoxy groups -OCH3 is 1. The molecule has 0 aliphatic rings. The average Bonchev–Trinajstić information content (AvgIpc) is 2.52. The molecule has 0 radical (unpaired) electrons. The topological polar surface area (TPSA) is 47.6 Å². The van der Waals surface area contributed by atoms with Gasteiger partial charge in [-0.05, 0) is 24.6 Å². The first-order chi connectivity index (χ1) is 10.2. The van der Waals surface area contributed by atoms with Crippen molar-refractivity contribution in [3.63, 3.8) is 0 Å². The van der Waals surface area contributed by atoms with E-state index in [1.165, 1.54) is 12.8 Å². The van der Waals surface area contributed by atoms with Crippen LogP contribution in [0.4, 0.5) is 0 Å². The van der Waals surface area contributed by atoms with E-state index in [4.69, 9.17) is 15.9 Å². The van der Waals surface area contributed by atoms with Gasteiger partial charge in [-0.25, -0.2) is 0 Å². The molecule has 1 aromatic carbocycles. The zero-order valence-corrected chi connectivity index (χ0v) is 12.8. The average molecular weight is 289 g/mol. The van der Waals surface area contributed by atoms with Gasteiger partial charge in [0.05, 0.1) is 20.3 Å². The zero-order valence-electron chi connectivity index (χ0n) is 12.8. The minimum absolute atomic E-state index is 0.205. The smallest absolute Gasteiger partial charge is 0.252 e. The predicted molar refractivity (Wildman–Crippen MR) is 83.8 cm³/mol. The third kappa shape index (κ3) is 5.78. The van der Waals surface area contributed by atoms with Crippen LogP contribution in [-0.4, -0.2) is 26.2 Å². The summed E-state index contributed by atoms with van der Waals surface area (Å²) in [5, 5.41) is 2.61. The number of terminal acetylenes is 1. The Kier molecular flexibility index (Phi) is 7.81. The van der Waals surface area contributed by atoms with Crippen molar-refractivity contribution < 1.29 is 14.3 Å². The Bertz CT molecular complexity index is 491. The Morgan fingerprint density at radius 1 is 1.29 bits per heavy atom. The van der Waals surface area contributed by atoms with Crippen molar-refractivity contribution in [2.45, 2.75) is 32.6 Å². The molecular formula is C17H23NO3. The second-order valence-electron chi connectivity index (χ2n) is 4.66. The lowest BCUT2D eigenvalue weighted by atomic mass is 10.2. The molecule has 0 spiro atoms. The van der Waals surface area contributed by atoms with Gasteiger partial charge in [0.2, 0.25) is 0 Å². The lowest BCUT2D eigenvalue weighted by molar-refractivity contribution is 0.0958. The molecule has 0 aliphatic heterocycles. The van der Waals surface area contributed by atoms with Gasteiger partial charge in [-0.15, -0.1) is 6.42 Å². The van der Waals surface area contributed by atoms with Crippen LogP contribution < -0.4 is 14.8 Å². The molecule has 0 aromatic heterocycles. The predicted octanol–water partition coefficient (Wildman–Crippen LogP) is 3.02. The molecule has 0 saturated carbocycles. The first kappa shape index (κ1) is 16.9. The standard InChI is InChI=1S/C17H23NO3/c1-4-6-7-8-12-21-15-10-9-14(13-16(15)20-3)17(19)18-11-5-2/h2,9-10,13H,4,6-8,11-12H2,1,3H3,(H,18,19). The highest BCUT2D eigenvalue weighted by Gasteiger charge is 2.10. The van der Waals surface area contributed by atoms with E-state index in [1.54, 1.807) is 25.3 Å². The maximum absolute atomic E-state index is 11.8. The van der Waals surface area contributed by atoms with E-state index in [2.05, 4.69) is 18.2 Å². The molecule has 21 heavy (non-hydrogen) atoms. The van der Waals surface area contributed by atoms with E-state index in [1.807, 2.05) is 0 Å². The summed E-state index contributed by atoms with van der Waals surface area (Å²) in [6, 6.07) is 5.12. The van der Waals surface area contributed by atoms with Crippen molar-refractivity contribution in [2.75, 3.05) is 20.3 Å². The highest BCUT2D eigenvalue weighted by atomic mass is 16.5. The third-order valence-electron chi connectivity index (χ3n) is 3.03. The molecule has 0 aliphatic carbocycles. The number of hydrogen-bond acceptors (Lipinski definition) is 3. The van der Waals surface area contributed by atoms with Gasteiger partial charge in [0.15, 0.2) is 11.5 Å². The van der Waals surface area contributed by atoms with E-state index in [9.17, 15) is 4.79 Å². The van der Waals surface area contributed by atoms with Crippen LogP contribution in [0.3, 0.4) is 0 Å². The fraction of sp³-hybridized carbons (Fsp3) is 0.471. The van der Waals surface area contributed by atoms with E-state index in [-0.39, 0.29) is 12.5 Å². The van der Waals surface area contributed by atoms with E-state index < -0.39 is 0 Å². The molecule has 114 valence electrons.